The second-order valence-electron chi connectivity index (χ2n) is 12.2. The summed E-state index contributed by atoms with van der Waals surface area (Å²) in [6.45, 7) is 6.89. The van der Waals surface area contributed by atoms with Gasteiger partial charge in [-0.15, -0.1) is 0 Å². The van der Waals surface area contributed by atoms with E-state index in [1.54, 1.807) is 4.40 Å². The predicted octanol–water partition coefficient (Wildman–Crippen LogP) is 9.78. The van der Waals surface area contributed by atoms with Crippen molar-refractivity contribution in [1.82, 2.24) is 4.98 Å². The number of thiophene rings is 1. The molecule has 184 valence electrons. The van der Waals surface area contributed by atoms with Crippen molar-refractivity contribution in [2.24, 2.45) is 0 Å². The van der Waals surface area contributed by atoms with Gasteiger partial charge in [0.05, 0.1) is 0 Å². The van der Waals surface area contributed by atoms with Gasteiger partial charge in [0.1, 0.15) is 0 Å². The maximum atomic E-state index is 4.95. The zero-order valence-corrected chi connectivity index (χ0v) is 25.4. The number of hydrogen-bond donors (Lipinski definition) is 0. The number of pyridine rings is 1. The van der Waals surface area contributed by atoms with E-state index in [4.69, 9.17) is 4.98 Å². The fourth-order valence-electron chi connectivity index (χ4n) is 5.35. The molecule has 3 heteroatoms. The SMILES string of the molecule is CC(C)(C)c1cc(-c2nccc3sc4cc(-c5cc[c]([Ge]([CH3])([CH3])[CH3])cc5)ccc4c23)cc2ccccc12. The minimum atomic E-state index is -1.81. The molecular weight excluding hydrogens is 527 g/mol. The van der Waals surface area contributed by atoms with E-state index in [1.807, 2.05) is 17.5 Å². The first-order valence-electron chi connectivity index (χ1n) is 13.1. The summed E-state index contributed by atoms with van der Waals surface area (Å²) in [7, 11) is 0. The Morgan fingerprint density at radius 1 is 0.676 bits per heavy atom. The Morgan fingerprint density at radius 2 is 1.41 bits per heavy atom. The van der Waals surface area contributed by atoms with E-state index in [1.165, 1.54) is 53.2 Å². The molecule has 0 spiro atoms. The quantitative estimate of drug-likeness (QED) is 0.197. The van der Waals surface area contributed by atoms with Crippen LogP contribution in [0.15, 0.2) is 91.1 Å². The van der Waals surface area contributed by atoms with Crippen molar-refractivity contribution in [2.45, 2.75) is 43.5 Å². The van der Waals surface area contributed by atoms with E-state index in [-0.39, 0.29) is 5.41 Å². The molecule has 6 aromatic rings. The molecule has 2 heterocycles. The Labute approximate surface area is 226 Å². The molecule has 1 nitrogen and oxygen atoms in total. The normalized spacial score (nSPS) is 12.6. The van der Waals surface area contributed by atoms with E-state index >= 15 is 0 Å². The molecule has 0 bridgehead atoms. The standard InChI is InChI=1S/C34H33GeNS/c1-34(2,3)29-20-25(19-24-9-7-8-10-27(24)29)33-32-28-16-13-23(21-31(28)37-30(32)17-18-36-33)22-11-14-26(15-12-22)35(4,5)6/h7-21H,1-6H3. The smallest absolute Gasteiger partial charge is 0.0616 e. The van der Waals surface area contributed by atoms with Crippen molar-refractivity contribution in [1.29, 1.82) is 0 Å². The van der Waals surface area contributed by atoms with Crippen LogP contribution in [0.4, 0.5) is 0 Å². The molecule has 0 unspecified atom stereocenters. The van der Waals surface area contributed by atoms with Crippen LogP contribution < -0.4 is 4.40 Å². The van der Waals surface area contributed by atoms with Gasteiger partial charge in [0.2, 0.25) is 0 Å². The van der Waals surface area contributed by atoms with Gasteiger partial charge in [-0.05, 0) is 21.8 Å². The summed E-state index contributed by atoms with van der Waals surface area (Å²) in [6.07, 6.45) is 1.97. The van der Waals surface area contributed by atoms with Gasteiger partial charge in [-0.2, -0.15) is 0 Å². The van der Waals surface area contributed by atoms with Gasteiger partial charge in [0.15, 0.2) is 0 Å². The summed E-state index contributed by atoms with van der Waals surface area (Å²) in [5, 5.41) is 5.15. The molecular formula is C34H33GeNS. The Balaban J connectivity index is 1.52. The Bertz CT molecular complexity index is 1780. The summed E-state index contributed by atoms with van der Waals surface area (Å²) in [5.41, 5.74) is 6.25. The minimum Gasteiger partial charge on any atom is -0.0616 e. The Kier molecular flexibility index (Phi) is 5.81. The third-order valence-corrected chi connectivity index (χ3v) is 12.9. The average molecular weight is 560 g/mol. The van der Waals surface area contributed by atoms with Crippen molar-refractivity contribution < 1.29 is 0 Å². The number of aromatic nitrogens is 1. The van der Waals surface area contributed by atoms with Crippen LogP contribution in [0.25, 0.3) is 53.3 Å². The topological polar surface area (TPSA) is 12.9 Å². The van der Waals surface area contributed by atoms with Crippen LogP contribution in [0, 0.1) is 0 Å². The van der Waals surface area contributed by atoms with Gasteiger partial charge in [0, 0.05) is 0 Å². The van der Waals surface area contributed by atoms with E-state index in [2.05, 4.69) is 123 Å². The predicted molar refractivity (Wildman–Crippen MR) is 167 cm³/mol. The number of fused-ring (bicyclic) bond motifs is 4. The van der Waals surface area contributed by atoms with Crippen LogP contribution in [-0.2, 0) is 5.41 Å². The van der Waals surface area contributed by atoms with Crippen LogP contribution in [0.1, 0.15) is 26.3 Å². The fourth-order valence-corrected chi connectivity index (χ4v) is 8.94. The van der Waals surface area contributed by atoms with Crippen LogP contribution in [0.3, 0.4) is 0 Å². The molecule has 0 radical (unpaired) electrons. The minimum absolute atomic E-state index is 0.0427. The van der Waals surface area contributed by atoms with Crippen LogP contribution in [-0.4, -0.2) is 18.3 Å². The fraction of sp³-hybridized carbons (Fsp3) is 0.206. The molecule has 0 saturated carbocycles. The Morgan fingerprint density at radius 3 is 2.14 bits per heavy atom. The van der Waals surface area contributed by atoms with Crippen LogP contribution in [0.2, 0.25) is 17.3 Å². The van der Waals surface area contributed by atoms with Crippen LogP contribution in [0.5, 0.6) is 0 Å². The summed E-state index contributed by atoms with van der Waals surface area (Å²) >= 11 is 0.0585. The summed E-state index contributed by atoms with van der Waals surface area (Å²) < 4.78 is 4.15. The number of hydrogen-bond acceptors (Lipinski definition) is 2. The molecule has 6 rings (SSSR count). The Hall–Kier alpha value is -2.95. The van der Waals surface area contributed by atoms with Gasteiger partial charge < -0.3 is 0 Å². The van der Waals surface area contributed by atoms with E-state index in [0.29, 0.717) is 0 Å². The summed E-state index contributed by atoms with van der Waals surface area (Å²) in [6, 6.07) is 31.8. The molecule has 37 heavy (non-hydrogen) atoms. The molecule has 0 aliphatic rings. The van der Waals surface area contributed by atoms with E-state index < -0.39 is 13.3 Å². The second kappa shape index (κ2) is 8.82. The molecule has 0 amide bonds. The number of benzene rings is 4. The second-order valence-corrected chi connectivity index (χ2v) is 23.9. The molecule has 0 fully saturated rings. The number of rotatable bonds is 3. The van der Waals surface area contributed by atoms with Crippen molar-refractivity contribution in [3.05, 3.63) is 96.7 Å². The molecule has 0 aliphatic carbocycles. The van der Waals surface area contributed by atoms with Crippen molar-refractivity contribution >= 4 is 59.9 Å². The average Bonchev–Trinajstić information content (AvgIpc) is 3.25. The first-order chi connectivity index (χ1) is 17.6. The molecule has 2 aromatic heterocycles. The molecule has 0 N–H and O–H groups in total. The van der Waals surface area contributed by atoms with Gasteiger partial charge in [0.25, 0.3) is 0 Å². The summed E-state index contributed by atoms with van der Waals surface area (Å²) in [5.74, 6) is 7.34. The van der Waals surface area contributed by atoms with Gasteiger partial charge >= 0.3 is 161 Å². The third kappa shape index (κ3) is 4.41. The first kappa shape index (κ1) is 24.4. The molecule has 0 saturated heterocycles. The first-order valence-corrected chi connectivity index (χ1v) is 21.2. The monoisotopic (exact) mass is 561 g/mol. The molecule has 4 aromatic carbocycles. The molecule has 0 aliphatic heterocycles. The van der Waals surface area contributed by atoms with E-state index in [0.717, 1.165) is 5.69 Å². The number of nitrogens with zero attached hydrogens (tertiary/aromatic N) is 1. The third-order valence-electron chi connectivity index (χ3n) is 7.41. The van der Waals surface area contributed by atoms with Gasteiger partial charge in [-0.3, -0.25) is 0 Å². The summed E-state index contributed by atoms with van der Waals surface area (Å²) in [4.78, 5) is 4.95. The zero-order valence-electron chi connectivity index (χ0n) is 22.5. The van der Waals surface area contributed by atoms with Crippen LogP contribution >= 0.6 is 11.3 Å². The van der Waals surface area contributed by atoms with E-state index in [9.17, 15) is 0 Å². The van der Waals surface area contributed by atoms with Crippen molar-refractivity contribution in [3.63, 3.8) is 0 Å². The zero-order chi connectivity index (χ0) is 25.9. The van der Waals surface area contributed by atoms with Crippen molar-refractivity contribution in [2.75, 3.05) is 0 Å². The molecule has 0 atom stereocenters. The van der Waals surface area contributed by atoms with Gasteiger partial charge in [-0.25, -0.2) is 0 Å². The van der Waals surface area contributed by atoms with Crippen molar-refractivity contribution in [3.8, 4) is 22.4 Å². The van der Waals surface area contributed by atoms with Gasteiger partial charge in [-0.1, -0.05) is 45.0 Å². The maximum absolute atomic E-state index is 4.95.